The smallest absolute Gasteiger partial charge is 0.320 e. The molecule has 1 aliphatic heterocycles. The van der Waals surface area contributed by atoms with Crippen LogP contribution in [0.3, 0.4) is 0 Å². The number of carbonyl (C=O) groups excluding carboxylic acids is 1. The summed E-state index contributed by atoms with van der Waals surface area (Å²) in [5, 5.41) is 3.94. The number of carbonyl (C=O) groups is 1. The molecule has 1 saturated heterocycles. The molecular weight excluding hydrogens is 513 g/mol. The van der Waals surface area contributed by atoms with E-state index in [1.165, 1.54) is 18.5 Å². The molecule has 2 amide bonds. The van der Waals surface area contributed by atoms with E-state index in [2.05, 4.69) is 15.3 Å². The van der Waals surface area contributed by atoms with Crippen LogP contribution in [-0.4, -0.2) is 78.1 Å². The van der Waals surface area contributed by atoms with Crippen LogP contribution in [0.2, 0.25) is 5.02 Å². The van der Waals surface area contributed by atoms with Gasteiger partial charge in [-0.05, 0) is 62.1 Å². The van der Waals surface area contributed by atoms with Gasteiger partial charge < -0.3 is 29.3 Å². The highest BCUT2D eigenvalue weighted by Gasteiger charge is 2.30. The van der Waals surface area contributed by atoms with Gasteiger partial charge in [0.25, 0.3) is 0 Å². The molecule has 1 saturated carbocycles. The fourth-order valence-electron chi connectivity index (χ4n) is 4.87. The molecule has 1 aromatic heterocycles. The lowest BCUT2D eigenvalue weighted by Crippen LogP contribution is -2.50. The van der Waals surface area contributed by atoms with Crippen molar-refractivity contribution in [3.05, 3.63) is 53.6 Å². The standard InChI is InChI=1S/C27H31ClFN5O4/c1-33(27(35)34-10-12-36-13-11-34)19-3-5-20(6-4-19)37-17-38-21-7-9-25-22(15-21)26(31-16-30-25)32-18-2-8-24(29)23(28)14-18/h2,7-9,14-16,19-20H,3-6,10-13,17H2,1H3,(H,30,31,32)/t19-,20+. The maximum Gasteiger partial charge on any atom is 0.320 e. The van der Waals surface area contributed by atoms with E-state index < -0.39 is 5.82 Å². The van der Waals surface area contributed by atoms with Crippen molar-refractivity contribution in [2.75, 3.05) is 45.5 Å². The van der Waals surface area contributed by atoms with E-state index in [-0.39, 0.29) is 30.0 Å². The first kappa shape index (κ1) is 26.4. The Hall–Kier alpha value is -3.21. The molecule has 0 bridgehead atoms. The number of hydrogen-bond donors (Lipinski definition) is 1. The molecule has 2 heterocycles. The fourth-order valence-corrected chi connectivity index (χ4v) is 5.05. The zero-order valence-electron chi connectivity index (χ0n) is 21.2. The third-order valence-corrected chi connectivity index (χ3v) is 7.38. The molecule has 5 rings (SSSR count). The van der Waals surface area contributed by atoms with Gasteiger partial charge in [0.1, 0.15) is 23.7 Å². The molecule has 2 aliphatic rings. The average Bonchev–Trinajstić information content (AvgIpc) is 2.95. The normalized spacial score (nSPS) is 19.8. The summed E-state index contributed by atoms with van der Waals surface area (Å²) in [6.07, 6.45) is 5.08. The number of amides is 2. The third-order valence-electron chi connectivity index (χ3n) is 7.09. The van der Waals surface area contributed by atoms with Gasteiger partial charge in [0.2, 0.25) is 0 Å². The van der Waals surface area contributed by atoms with E-state index in [1.807, 2.05) is 35.0 Å². The predicted octanol–water partition coefficient (Wildman–Crippen LogP) is 5.21. The van der Waals surface area contributed by atoms with Crippen LogP contribution in [-0.2, 0) is 9.47 Å². The predicted molar refractivity (Wildman–Crippen MR) is 142 cm³/mol. The van der Waals surface area contributed by atoms with E-state index >= 15 is 0 Å². The number of aromatic nitrogens is 2. The lowest BCUT2D eigenvalue weighted by molar-refractivity contribution is -0.0565. The molecule has 9 nitrogen and oxygen atoms in total. The summed E-state index contributed by atoms with van der Waals surface area (Å²) in [5.41, 5.74) is 1.34. The van der Waals surface area contributed by atoms with Crippen molar-refractivity contribution < 1.29 is 23.4 Å². The molecule has 0 radical (unpaired) electrons. The molecule has 0 spiro atoms. The average molecular weight is 544 g/mol. The van der Waals surface area contributed by atoms with E-state index in [9.17, 15) is 9.18 Å². The minimum Gasteiger partial charge on any atom is -0.468 e. The molecule has 202 valence electrons. The van der Waals surface area contributed by atoms with Crippen molar-refractivity contribution in [2.45, 2.75) is 37.8 Å². The van der Waals surface area contributed by atoms with Crippen LogP contribution < -0.4 is 10.1 Å². The van der Waals surface area contributed by atoms with Crippen LogP contribution in [0.15, 0.2) is 42.7 Å². The Morgan fingerprint density at radius 3 is 2.71 bits per heavy atom. The first-order valence-corrected chi connectivity index (χ1v) is 13.2. The second-order valence-electron chi connectivity index (χ2n) is 9.51. The molecule has 3 aromatic rings. The number of hydrogen-bond acceptors (Lipinski definition) is 7. The number of rotatable bonds is 7. The van der Waals surface area contributed by atoms with Crippen LogP contribution in [0.1, 0.15) is 25.7 Å². The molecular formula is C27H31ClFN5O4. The highest BCUT2D eigenvalue weighted by Crippen LogP contribution is 2.29. The number of morpholine rings is 1. The van der Waals surface area contributed by atoms with Crippen molar-refractivity contribution in [1.29, 1.82) is 0 Å². The zero-order chi connectivity index (χ0) is 26.5. The van der Waals surface area contributed by atoms with Crippen molar-refractivity contribution in [1.82, 2.24) is 19.8 Å². The summed E-state index contributed by atoms with van der Waals surface area (Å²) in [5.74, 6) is 0.692. The van der Waals surface area contributed by atoms with E-state index in [0.717, 1.165) is 36.6 Å². The highest BCUT2D eigenvalue weighted by atomic mass is 35.5. The van der Waals surface area contributed by atoms with Crippen LogP contribution >= 0.6 is 11.6 Å². The van der Waals surface area contributed by atoms with Crippen molar-refractivity contribution in [2.24, 2.45) is 0 Å². The minimum atomic E-state index is -0.484. The monoisotopic (exact) mass is 543 g/mol. The van der Waals surface area contributed by atoms with Crippen LogP contribution in [0.25, 0.3) is 10.9 Å². The van der Waals surface area contributed by atoms with Gasteiger partial charge in [0.05, 0.1) is 29.9 Å². The summed E-state index contributed by atoms with van der Waals surface area (Å²) in [6, 6.07) is 10.2. The highest BCUT2D eigenvalue weighted by molar-refractivity contribution is 6.31. The van der Waals surface area contributed by atoms with Gasteiger partial charge in [-0.15, -0.1) is 0 Å². The third kappa shape index (κ3) is 6.25. The van der Waals surface area contributed by atoms with E-state index in [0.29, 0.717) is 43.6 Å². The Bertz CT molecular complexity index is 1270. The lowest BCUT2D eigenvalue weighted by Gasteiger charge is -2.38. The van der Waals surface area contributed by atoms with Crippen LogP contribution in [0.5, 0.6) is 5.75 Å². The van der Waals surface area contributed by atoms with Crippen molar-refractivity contribution in [3.8, 4) is 5.75 Å². The van der Waals surface area contributed by atoms with Gasteiger partial charge in [0.15, 0.2) is 6.79 Å². The van der Waals surface area contributed by atoms with Gasteiger partial charge >= 0.3 is 6.03 Å². The Kier molecular flexibility index (Phi) is 8.41. The topological polar surface area (TPSA) is 89.1 Å². The SMILES string of the molecule is CN(C(=O)N1CCOCC1)[C@H]1CC[C@@H](OCOc2ccc3ncnc(Nc4ccc(F)c(Cl)c4)c3c2)CC1. The van der Waals surface area contributed by atoms with Crippen LogP contribution in [0.4, 0.5) is 20.7 Å². The molecule has 1 aliphatic carbocycles. The number of urea groups is 1. The summed E-state index contributed by atoms with van der Waals surface area (Å²) in [7, 11) is 1.89. The number of nitrogens with zero attached hydrogens (tertiary/aromatic N) is 4. The first-order valence-electron chi connectivity index (χ1n) is 12.8. The number of benzene rings is 2. The maximum atomic E-state index is 13.5. The molecule has 38 heavy (non-hydrogen) atoms. The molecule has 0 unspecified atom stereocenters. The zero-order valence-corrected chi connectivity index (χ0v) is 22.0. The maximum absolute atomic E-state index is 13.5. The van der Waals surface area contributed by atoms with Gasteiger partial charge in [-0.25, -0.2) is 19.2 Å². The second-order valence-corrected chi connectivity index (χ2v) is 9.91. The number of halogens is 2. The summed E-state index contributed by atoms with van der Waals surface area (Å²) in [4.78, 5) is 25.1. The van der Waals surface area contributed by atoms with E-state index in [1.54, 1.807) is 6.07 Å². The van der Waals surface area contributed by atoms with Gasteiger partial charge in [-0.1, -0.05) is 11.6 Å². The molecule has 11 heteroatoms. The first-order chi connectivity index (χ1) is 18.5. The molecule has 2 aromatic carbocycles. The van der Waals surface area contributed by atoms with Gasteiger partial charge in [0, 0.05) is 37.3 Å². The lowest BCUT2D eigenvalue weighted by atomic mass is 9.92. The molecule has 2 fully saturated rings. The number of ether oxygens (including phenoxy) is 3. The second kappa shape index (κ2) is 12.1. The van der Waals surface area contributed by atoms with E-state index in [4.69, 9.17) is 25.8 Å². The largest absolute Gasteiger partial charge is 0.468 e. The Morgan fingerprint density at radius 1 is 1.16 bits per heavy atom. The summed E-state index contributed by atoms with van der Waals surface area (Å²) in [6.45, 7) is 2.63. The number of nitrogens with one attached hydrogen (secondary N) is 1. The minimum absolute atomic E-state index is 0.0268. The van der Waals surface area contributed by atoms with Gasteiger partial charge in [-0.2, -0.15) is 0 Å². The summed E-state index contributed by atoms with van der Waals surface area (Å²) >= 11 is 5.91. The number of anilines is 2. The number of fused-ring (bicyclic) bond motifs is 1. The Labute approximate surface area is 225 Å². The summed E-state index contributed by atoms with van der Waals surface area (Å²) < 4.78 is 30.8. The fraction of sp³-hybridized carbons (Fsp3) is 0.444. The van der Waals surface area contributed by atoms with Crippen molar-refractivity contribution >= 4 is 40.0 Å². The molecule has 0 atom stereocenters. The Morgan fingerprint density at radius 2 is 1.95 bits per heavy atom. The van der Waals surface area contributed by atoms with Gasteiger partial charge in [-0.3, -0.25) is 0 Å². The Balaban J connectivity index is 1.13. The van der Waals surface area contributed by atoms with Crippen LogP contribution in [0, 0.1) is 5.82 Å². The van der Waals surface area contributed by atoms with Crippen molar-refractivity contribution in [3.63, 3.8) is 0 Å². The quantitative estimate of drug-likeness (QED) is 0.409. The molecule has 1 N–H and O–H groups in total.